The molecule has 11 nitrogen and oxygen atoms in total. The number of amides is 1. The van der Waals surface area contributed by atoms with Crippen LogP contribution in [0.15, 0.2) is 35.4 Å². The van der Waals surface area contributed by atoms with Gasteiger partial charge in [-0.25, -0.2) is 4.98 Å². The summed E-state index contributed by atoms with van der Waals surface area (Å²) >= 11 is 0. The highest BCUT2D eigenvalue weighted by Crippen LogP contribution is 2.29. The highest BCUT2D eigenvalue weighted by molar-refractivity contribution is 6.00. The van der Waals surface area contributed by atoms with Crippen molar-refractivity contribution in [1.82, 2.24) is 24.5 Å². The SMILES string of the molecule is [2H]C([2H])([2H])O[C@@H]1CC[C@H]1NC(=O)c1cnn2c(NC)cc(Nc3cccn(C4CCC(OC)CC4)c3=O)nc12. The molecule has 2 aliphatic carbocycles. The normalized spacial score (nSPS) is 25.3. The predicted molar refractivity (Wildman–Crippen MR) is 136 cm³/mol. The van der Waals surface area contributed by atoms with Crippen LogP contribution in [-0.4, -0.2) is 64.5 Å². The van der Waals surface area contributed by atoms with Crippen molar-refractivity contribution in [3.63, 3.8) is 0 Å². The molecule has 3 aromatic rings. The molecule has 0 spiro atoms. The summed E-state index contributed by atoms with van der Waals surface area (Å²) in [7, 11) is 0.915. The van der Waals surface area contributed by atoms with Crippen LogP contribution < -0.4 is 21.5 Å². The average Bonchev–Trinajstić information content (AvgIpc) is 3.34. The number of methoxy groups -OCH3 is 2. The zero-order valence-corrected chi connectivity index (χ0v) is 20.4. The minimum atomic E-state index is -2.53. The minimum absolute atomic E-state index is 0.101. The Morgan fingerprint density at radius 3 is 2.72 bits per heavy atom. The maximum absolute atomic E-state index is 13.3. The number of carbonyl (C=O) groups excluding carboxylic acids is 1. The molecule has 3 heterocycles. The molecule has 11 heteroatoms. The monoisotopic (exact) mass is 498 g/mol. The first-order chi connectivity index (χ1) is 18.7. The van der Waals surface area contributed by atoms with Crippen LogP contribution in [-0.2, 0) is 9.47 Å². The number of anilines is 3. The zero-order valence-electron chi connectivity index (χ0n) is 23.4. The molecule has 0 aromatic carbocycles. The third-order valence-electron chi connectivity index (χ3n) is 7.26. The molecule has 0 bridgehead atoms. The molecule has 2 saturated carbocycles. The van der Waals surface area contributed by atoms with Gasteiger partial charge in [0.05, 0.1) is 28.6 Å². The maximum Gasteiger partial charge on any atom is 0.274 e. The van der Waals surface area contributed by atoms with Crippen molar-refractivity contribution in [3.05, 3.63) is 46.5 Å². The molecular weight excluding hydrogens is 462 g/mol. The molecule has 3 N–H and O–H groups in total. The van der Waals surface area contributed by atoms with Gasteiger partial charge in [-0.1, -0.05) is 0 Å². The second-order valence-electron chi connectivity index (χ2n) is 9.31. The summed E-state index contributed by atoms with van der Waals surface area (Å²) in [4.78, 5) is 31.1. The van der Waals surface area contributed by atoms with Gasteiger partial charge in [0.1, 0.15) is 22.9 Å². The van der Waals surface area contributed by atoms with E-state index in [1.54, 1.807) is 30.9 Å². The lowest BCUT2D eigenvalue weighted by Gasteiger charge is -2.35. The summed E-state index contributed by atoms with van der Waals surface area (Å²) in [5, 5.41) is 13.3. The fourth-order valence-corrected chi connectivity index (χ4v) is 4.98. The number of aromatic nitrogens is 4. The smallest absolute Gasteiger partial charge is 0.274 e. The predicted octanol–water partition coefficient (Wildman–Crippen LogP) is 2.71. The standard InChI is InChI=1S/C25H33N7O4/c1-26-22-13-21(28-19-5-4-12-31(25(19)34)15-6-8-16(35-2)9-7-15)30-23-17(14-27-32(22)23)24(33)29-18-10-11-20(18)36-3/h4-5,12-16,18,20,26H,6-11H2,1-3H3,(H,28,30)(H,29,33)/t15?,16?,18-,20-/m1/s1/i3D3. The van der Waals surface area contributed by atoms with E-state index in [4.69, 9.17) is 13.6 Å². The summed E-state index contributed by atoms with van der Waals surface area (Å²) < 4.78 is 35.7. The molecule has 0 unspecified atom stereocenters. The van der Waals surface area contributed by atoms with Gasteiger partial charge in [-0.3, -0.25) is 9.59 Å². The Morgan fingerprint density at radius 1 is 1.19 bits per heavy atom. The molecule has 0 aliphatic heterocycles. The van der Waals surface area contributed by atoms with Gasteiger partial charge in [-0.05, 0) is 50.7 Å². The number of rotatable bonds is 8. The van der Waals surface area contributed by atoms with Crippen molar-refractivity contribution < 1.29 is 18.4 Å². The van der Waals surface area contributed by atoms with Crippen LogP contribution >= 0.6 is 0 Å². The summed E-state index contributed by atoms with van der Waals surface area (Å²) in [5.41, 5.74) is 0.719. The lowest BCUT2D eigenvalue weighted by Crippen LogP contribution is -2.51. The second-order valence-corrected chi connectivity index (χ2v) is 9.31. The van der Waals surface area contributed by atoms with Crippen molar-refractivity contribution in [3.8, 4) is 0 Å². The fourth-order valence-electron chi connectivity index (χ4n) is 4.98. The van der Waals surface area contributed by atoms with Crippen LogP contribution in [0.1, 0.15) is 59.0 Å². The summed E-state index contributed by atoms with van der Waals surface area (Å²) in [6, 6.07) is 4.92. The lowest BCUT2D eigenvalue weighted by atomic mass is 9.89. The Bertz CT molecular complexity index is 1400. The highest BCUT2D eigenvalue weighted by Gasteiger charge is 2.33. The Kier molecular flexibility index (Phi) is 5.91. The average molecular weight is 499 g/mol. The summed E-state index contributed by atoms with van der Waals surface area (Å²) in [6.45, 7) is 0. The first kappa shape index (κ1) is 20.7. The van der Waals surface area contributed by atoms with E-state index in [0.717, 1.165) is 25.7 Å². The number of pyridine rings is 1. The molecule has 2 aliphatic rings. The number of carbonyl (C=O) groups is 1. The molecule has 36 heavy (non-hydrogen) atoms. The van der Waals surface area contributed by atoms with E-state index in [9.17, 15) is 9.59 Å². The summed E-state index contributed by atoms with van der Waals surface area (Å²) in [5.74, 6) is 0.490. The molecule has 192 valence electrons. The Labute approximate surface area is 213 Å². The third-order valence-corrected chi connectivity index (χ3v) is 7.26. The minimum Gasteiger partial charge on any atom is -0.381 e. The largest absolute Gasteiger partial charge is 0.381 e. The molecule has 2 fully saturated rings. The summed E-state index contributed by atoms with van der Waals surface area (Å²) in [6.07, 6.45) is 7.59. The van der Waals surface area contributed by atoms with E-state index >= 15 is 0 Å². The molecule has 1 amide bonds. The molecule has 0 saturated heterocycles. The van der Waals surface area contributed by atoms with Crippen LogP contribution in [0.25, 0.3) is 5.65 Å². The van der Waals surface area contributed by atoms with Gasteiger partial charge in [-0.2, -0.15) is 9.61 Å². The van der Waals surface area contributed by atoms with E-state index in [-0.39, 0.29) is 28.9 Å². The number of hydrogen-bond donors (Lipinski definition) is 3. The first-order valence-electron chi connectivity index (χ1n) is 13.7. The number of hydrogen-bond acceptors (Lipinski definition) is 8. The van der Waals surface area contributed by atoms with Crippen LogP contribution in [0, 0.1) is 0 Å². The second kappa shape index (κ2) is 10.3. The lowest BCUT2D eigenvalue weighted by molar-refractivity contribution is 0.00732. The quantitative estimate of drug-likeness (QED) is 0.433. The van der Waals surface area contributed by atoms with Gasteiger partial charge >= 0.3 is 0 Å². The molecular formula is C25H33N7O4. The van der Waals surface area contributed by atoms with E-state index < -0.39 is 25.1 Å². The van der Waals surface area contributed by atoms with Crippen LogP contribution in [0.3, 0.4) is 0 Å². The number of ether oxygens (including phenoxy) is 2. The molecule has 0 radical (unpaired) electrons. The Balaban J connectivity index is 1.38. The highest BCUT2D eigenvalue weighted by atomic mass is 16.5. The fraction of sp³-hybridized carbons (Fsp3) is 0.520. The number of nitrogens with zero attached hydrogens (tertiary/aromatic N) is 4. The topological polar surface area (TPSA) is 124 Å². The van der Waals surface area contributed by atoms with Crippen LogP contribution in [0.2, 0.25) is 0 Å². The van der Waals surface area contributed by atoms with Gasteiger partial charge in [0.2, 0.25) is 0 Å². The number of fused-ring (bicyclic) bond motifs is 1. The van der Waals surface area contributed by atoms with Crippen molar-refractivity contribution in [2.24, 2.45) is 0 Å². The van der Waals surface area contributed by atoms with Gasteiger partial charge in [0.15, 0.2) is 5.65 Å². The first-order valence-corrected chi connectivity index (χ1v) is 12.2. The van der Waals surface area contributed by atoms with Crippen molar-refractivity contribution in [2.45, 2.75) is 62.8 Å². The van der Waals surface area contributed by atoms with Gasteiger partial charge in [0, 0.05) is 39.5 Å². The van der Waals surface area contributed by atoms with E-state index in [1.807, 2.05) is 12.3 Å². The van der Waals surface area contributed by atoms with Crippen LogP contribution in [0.5, 0.6) is 0 Å². The van der Waals surface area contributed by atoms with E-state index in [0.29, 0.717) is 30.2 Å². The molecule has 2 atom stereocenters. The molecule has 5 rings (SSSR count). The zero-order chi connectivity index (χ0) is 27.7. The van der Waals surface area contributed by atoms with Gasteiger partial charge in [0.25, 0.3) is 11.5 Å². The van der Waals surface area contributed by atoms with Crippen molar-refractivity contribution in [2.75, 3.05) is 31.8 Å². The van der Waals surface area contributed by atoms with Crippen molar-refractivity contribution >= 4 is 28.9 Å². The van der Waals surface area contributed by atoms with Gasteiger partial charge in [-0.15, -0.1) is 0 Å². The van der Waals surface area contributed by atoms with E-state index in [2.05, 4.69) is 26.0 Å². The van der Waals surface area contributed by atoms with Crippen molar-refractivity contribution in [1.29, 1.82) is 0 Å². The van der Waals surface area contributed by atoms with Gasteiger partial charge < -0.3 is 30.0 Å². The number of nitrogens with one attached hydrogen (secondary N) is 3. The third kappa shape index (κ3) is 4.56. The molecule has 3 aromatic heterocycles. The maximum atomic E-state index is 13.3. The van der Waals surface area contributed by atoms with Crippen LogP contribution in [0.4, 0.5) is 17.3 Å². The van der Waals surface area contributed by atoms with E-state index in [1.165, 1.54) is 10.7 Å². The Morgan fingerprint density at radius 2 is 2.03 bits per heavy atom. The Hall–Kier alpha value is -3.44.